The molecule has 0 amide bonds. The van der Waals surface area contributed by atoms with Crippen molar-refractivity contribution in [3.8, 4) is 0 Å². The molecule has 15 heavy (non-hydrogen) atoms. The van der Waals surface area contributed by atoms with E-state index in [1.807, 2.05) is 6.92 Å². The van der Waals surface area contributed by atoms with Gasteiger partial charge in [0.15, 0.2) is 0 Å². The first kappa shape index (κ1) is 10.2. The number of hydrogen-bond acceptors (Lipinski definition) is 5. The van der Waals surface area contributed by atoms with Gasteiger partial charge in [0.2, 0.25) is 0 Å². The molecule has 0 saturated carbocycles. The minimum atomic E-state index is 0.340. The molecule has 2 heterocycles. The third-order valence-electron chi connectivity index (χ3n) is 2.37. The van der Waals surface area contributed by atoms with Crippen molar-refractivity contribution in [1.29, 1.82) is 0 Å². The first-order valence-electron chi connectivity index (χ1n) is 5.19. The number of nitrogens with one attached hydrogen (secondary N) is 1. The Labute approximate surface area is 89.1 Å². The van der Waals surface area contributed by atoms with Gasteiger partial charge in [-0.25, -0.2) is 9.97 Å². The van der Waals surface area contributed by atoms with Crippen molar-refractivity contribution in [1.82, 2.24) is 9.97 Å². The number of anilines is 2. The van der Waals surface area contributed by atoms with Crippen molar-refractivity contribution in [3.63, 3.8) is 0 Å². The summed E-state index contributed by atoms with van der Waals surface area (Å²) in [5.74, 6) is 1.98. The Hall–Kier alpha value is -1.36. The molecule has 1 aromatic heterocycles. The van der Waals surface area contributed by atoms with Crippen molar-refractivity contribution in [3.05, 3.63) is 11.9 Å². The van der Waals surface area contributed by atoms with Crippen LogP contribution in [0.3, 0.4) is 0 Å². The predicted octanol–water partition coefficient (Wildman–Crippen LogP) is 0.958. The Morgan fingerprint density at radius 2 is 2.40 bits per heavy atom. The zero-order valence-electron chi connectivity index (χ0n) is 8.86. The van der Waals surface area contributed by atoms with Crippen LogP contribution in [-0.2, 0) is 4.74 Å². The van der Waals surface area contributed by atoms with E-state index >= 15 is 0 Å². The van der Waals surface area contributed by atoms with Crippen LogP contribution in [0.1, 0.15) is 18.7 Å². The lowest BCUT2D eigenvalue weighted by Crippen LogP contribution is -2.30. The van der Waals surface area contributed by atoms with E-state index in [2.05, 4.69) is 15.3 Å². The van der Waals surface area contributed by atoms with Crippen LogP contribution in [0.25, 0.3) is 0 Å². The summed E-state index contributed by atoms with van der Waals surface area (Å²) in [7, 11) is 0. The Balaban J connectivity index is 2.02. The summed E-state index contributed by atoms with van der Waals surface area (Å²) in [6.07, 6.45) is 2.21. The monoisotopic (exact) mass is 208 g/mol. The van der Waals surface area contributed by atoms with E-state index in [4.69, 9.17) is 10.5 Å². The molecule has 2 rings (SSSR count). The van der Waals surface area contributed by atoms with Gasteiger partial charge in [0.1, 0.15) is 17.5 Å². The van der Waals surface area contributed by atoms with Crippen LogP contribution in [0.2, 0.25) is 0 Å². The molecule has 1 aromatic rings. The minimum Gasteiger partial charge on any atom is -0.384 e. The Bertz CT molecular complexity index is 316. The summed E-state index contributed by atoms with van der Waals surface area (Å²) in [4.78, 5) is 8.29. The summed E-state index contributed by atoms with van der Waals surface area (Å²) in [5.41, 5.74) is 5.64. The molecular weight excluding hydrogens is 192 g/mol. The van der Waals surface area contributed by atoms with Crippen LogP contribution in [0, 0.1) is 6.92 Å². The lowest BCUT2D eigenvalue weighted by Gasteiger charge is -2.23. The average molecular weight is 208 g/mol. The minimum absolute atomic E-state index is 0.340. The van der Waals surface area contributed by atoms with Crippen LogP contribution in [0.15, 0.2) is 6.07 Å². The number of aromatic nitrogens is 2. The summed E-state index contributed by atoms with van der Waals surface area (Å²) >= 11 is 0. The second kappa shape index (κ2) is 4.44. The maximum Gasteiger partial charge on any atom is 0.132 e. The van der Waals surface area contributed by atoms with Crippen molar-refractivity contribution in [2.75, 3.05) is 24.3 Å². The Morgan fingerprint density at radius 3 is 3.07 bits per heavy atom. The molecule has 5 heteroatoms. The fraction of sp³-hybridized carbons (Fsp3) is 0.600. The molecule has 82 valence electrons. The predicted molar refractivity (Wildman–Crippen MR) is 58.6 cm³/mol. The molecule has 1 atom stereocenters. The maximum atomic E-state index is 5.64. The van der Waals surface area contributed by atoms with Gasteiger partial charge in [0, 0.05) is 12.7 Å². The highest BCUT2D eigenvalue weighted by molar-refractivity contribution is 5.45. The first-order valence-corrected chi connectivity index (χ1v) is 5.19. The lowest BCUT2D eigenvalue weighted by atomic mass is 10.1. The molecular formula is C10H16N4O. The van der Waals surface area contributed by atoms with Gasteiger partial charge in [-0.05, 0) is 19.8 Å². The van der Waals surface area contributed by atoms with Gasteiger partial charge in [-0.1, -0.05) is 0 Å². The summed E-state index contributed by atoms with van der Waals surface area (Å²) < 4.78 is 5.38. The average Bonchev–Trinajstić information content (AvgIpc) is 2.17. The maximum absolute atomic E-state index is 5.64. The standard InChI is InChI=1S/C10H16N4O/c1-7-12-9(11)5-10(13-7)14-8-3-2-4-15-6-8/h5,8H,2-4,6H2,1H3,(H3,11,12,13,14). The largest absolute Gasteiger partial charge is 0.384 e. The van der Waals surface area contributed by atoms with Crippen molar-refractivity contribution >= 4 is 11.6 Å². The fourth-order valence-corrected chi connectivity index (χ4v) is 1.73. The van der Waals surface area contributed by atoms with E-state index in [1.165, 1.54) is 0 Å². The number of ether oxygens (including phenoxy) is 1. The highest BCUT2D eigenvalue weighted by atomic mass is 16.5. The summed E-state index contributed by atoms with van der Waals surface area (Å²) in [5, 5.41) is 3.31. The number of nitrogen functional groups attached to an aromatic ring is 1. The zero-order chi connectivity index (χ0) is 10.7. The van der Waals surface area contributed by atoms with Gasteiger partial charge in [0.05, 0.1) is 12.6 Å². The summed E-state index contributed by atoms with van der Waals surface area (Å²) in [6.45, 7) is 3.44. The van der Waals surface area contributed by atoms with Crippen molar-refractivity contribution < 1.29 is 4.74 Å². The number of aryl methyl sites for hydroxylation is 1. The second-order valence-electron chi connectivity index (χ2n) is 3.78. The first-order chi connectivity index (χ1) is 7.24. The molecule has 1 fully saturated rings. The van der Waals surface area contributed by atoms with E-state index in [9.17, 15) is 0 Å². The van der Waals surface area contributed by atoms with Gasteiger partial charge in [-0.2, -0.15) is 0 Å². The van der Waals surface area contributed by atoms with E-state index < -0.39 is 0 Å². The smallest absolute Gasteiger partial charge is 0.132 e. The zero-order valence-corrected chi connectivity index (χ0v) is 8.86. The molecule has 1 aliphatic heterocycles. The van der Waals surface area contributed by atoms with Gasteiger partial charge in [-0.3, -0.25) is 0 Å². The van der Waals surface area contributed by atoms with Crippen molar-refractivity contribution in [2.45, 2.75) is 25.8 Å². The quantitative estimate of drug-likeness (QED) is 0.757. The van der Waals surface area contributed by atoms with Crippen LogP contribution in [0.5, 0.6) is 0 Å². The lowest BCUT2D eigenvalue weighted by molar-refractivity contribution is 0.0875. The molecule has 0 aliphatic carbocycles. The van der Waals surface area contributed by atoms with Crippen LogP contribution in [-0.4, -0.2) is 29.2 Å². The fourth-order valence-electron chi connectivity index (χ4n) is 1.73. The molecule has 1 unspecified atom stereocenters. The Kier molecular flexibility index (Phi) is 3.01. The SMILES string of the molecule is Cc1nc(N)cc(NC2CCCOC2)n1. The molecule has 0 radical (unpaired) electrons. The normalized spacial score (nSPS) is 21.3. The molecule has 1 saturated heterocycles. The van der Waals surface area contributed by atoms with E-state index in [-0.39, 0.29) is 0 Å². The van der Waals surface area contributed by atoms with Crippen LogP contribution < -0.4 is 11.1 Å². The van der Waals surface area contributed by atoms with E-state index in [0.717, 1.165) is 31.9 Å². The molecule has 3 N–H and O–H groups in total. The number of nitrogens with zero attached hydrogens (tertiary/aromatic N) is 2. The molecule has 5 nitrogen and oxygen atoms in total. The molecule has 1 aliphatic rings. The number of hydrogen-bond donors (Lipinski definition) is 2. The molecule has 0 bridgehead atoms. The summed E-state index contributed by atoms with van der Waals surface area (Å²) in [6, 6.07) is 2.09. The highest BCUT2D eigenvalue weighted by Gasteiger charge is 2.14. The second-order valence-corrected chi connectivity index (χ2v) is 3.78. The van der Waals surface area contributed by atoms with Gasteiger partial charge in [0.25, 0.3) is 0 Å². The molecule has 0 spiro atoms. The van der Waals surface area contributed by atoms with Crippen LogP contribution >= 0.6 is 0 Å². The van der Waals surface area contributed by atoms with E-state index in [0.29, 0.717) is 17.7 Å². The van der Waals surface area contributed by atoms with Gasteiger partial charge < -0.3 is 15.8 Å². The van der Waals surface area contributed by atoms with E-state index in [1.54, 1.807) is 6.07 Å². The Morgan fingerprint density at radius 1 is 1.53 bits per heavy atom. The number of nitrogens with two attached hydrogens (primary N) is 1. The van der Waals surface area contributed by atoms with Crippen molar-refractivity contribution in [2.24, 2.45) is 0 Å². The topological polar surface area (TPSA) is 73.1 Å². The van der Waals surface area contributed by atoms with Crippen LogP contribution in [0.4, 0.5) is 11.6 Å². The number of rotatable bonds is 2. The molecule has 0 aromatic carbocycles. The van der Waals surface area contributed by atoms with Gasteiger partial charge >= 0.3 is 0 Å². The third-order valence-corrected chi connectivity index (χ3v) is 2.37. The third kappa shape index (κ3) is 2.79. The highest BCUT2D eigenvalue weighted by Crippen LogP contribution is 2.14. The van der Waals surface area contributed by atoms with Gasteiger partial charge in [-0.15, -0.1) is 0 Å².